The van der Waals surface area contributed by atoms with Gasteiger partial charge in [0, 0.05) is 43.6 Å². The lowest BCUT2D eigenvalue weighted by atomic mass is 10.1. The Bertz CT molecular complexity index is 934. The van der Waals surface area contributed by atoms with Crippen LogP contribution in [0, 0.1) is 6.92 Å². The van der Waals surface area contributed by atoms with Crippen molar-refractivity contribution in [2.45, 2.75) is 27.2 Å². The molecule has 172 valence electrons. The highest BCUT2D eigenvalue weighted by Crippen LogP contribution is 2.29. The van der Waals surface area contributed by atoms with Gasteiger partial charge in [-0.15, -0.1) is 0 Å². The number of likely N-dealkylation sites (N-methyl/N-ethyl adjacent to an activating group) is 1. The molecule has 1 saturated heterocycles. The standard InChI is InChI=1S/C26H35N3O3/c1-5-17-32-24-11-7-21(19-25(24)31-4)8-12-26(30)27-22-9-10-23(20(3)18-22)29-15-13-28(6-2)14-16-29/h7-12,18-19H,5-6,13-17H2,1-4H3,(H,27,30)/b12-8+. The molecule has 6 heteroatoms. The van der Waals surface area contributed by atoms with Crippen LogP contribution in [-0.2, 0) is 4.79 Å². The van der Waals surface area contributed by atoms with E-state index in [0.29, 0.717) is 18.1 Å². The number of benzene rings is 2. The SMILES string of the molecule is CCCOc1ccc(/C=C/C(=O)Nc2ccc(N3CCN(CC)CC3)c(C)c2)cc1OC. The first-order chi connectivity index (χ1) is 15.5. The average Bonchev–Trinajstić information content (AvgIpc) is 2.82. The molecule has 6 nitrogen and oxygen atoms in total. The van der Waals surface area contributed by atoms with E-state index in [1.165, 1.54) is 17.3 Å². The molecule has 0 radical (unpaired) electrons. The first-order valence-corrected chi connectivity index (χ1v) is 11.4. The van der Waals surface area contributed by atoms with Gasteiger partial charge in [0.1, 0.15) is 0 Å². The third kappa shape index (κ3) is 6.26. The summed E-state index contributed by atoms with van der Waals surface area (Å²) in [5, 5.41) is 2.96. The summed E-state index contributed by atoms with van der Waals surface area (Å²) in [5.74, 6) is 1.20. The molecule has 0 aromatic heterocycles. The molecule has 0 unspecified atom stereocenters. The Morgan fingerprint density at radius 1 is 1.06 bits per heavy atom. The minimum absolute atomic E-state index is 0.168. The summed E-state index contributed by atoms with van der Waals surface area (Å²) in [4.78, 5) is 17.3. The van der Waals surface area contributed by atoms with Gasteiger partial charge in [0.2, 0.25) is 5.91 Å². The lowest BCUT2D eigenvalue weighted by molar-refractivity contribution is -0.111. The van der Waals surface area contributed by atoms with Crippen molar-refractivity contribution >= 4 is 23.4 Å². The van der Waals surface area contributed by atoms with Crippen LogP contribution in [0.4, 0.5) is 11.4 Å². The van der Waals surface area contributed by atoms with E-state index in [9.17, 15) is 4.79 Å². The van der Waals surface area contributed by atoms with Gasteiger partial charge in [0.15, 0.2) is 11.5 Å². The fourth-order valence-corrected chi connectivity index (χ4v) is 3.87. The number of ether oxygens (including phenoxy) is 2. The second-order valence-electron chi connectivity index (χ2n) is 8.00. The van der Waals surface area contributed by atoms with E-state index in [0.717, 1.165) is 50.4 Å². The van der Waals surface area contributed by atoms with Crippen molar-refractivity contribution in [2.75, 3.05) is 56.7 Å². The zero-order chi connectivity index (χ0) is 22.9. The van der Waals surface area contributed by atoms with E-state index >= 15 is 0 Å². The first-order valence-electron chi connectivity index (χ1n) is 11.4. The summed E-state index contributed by atoms with van der Waals surface area (Å²) in [6.45, 7) is 12.4. The minimum Gasteiger partial charge on any atom is -0.493 e. The highest BCUT2D eigenvalue weighted by atomic mass is 16.5. The summed E-state index contributed by atoms with van der Waals surface area (Å²) in [6, 6.07) is 11.8. The molecule has 1 N–H and O–H groups in total. The van der Waals surface area contributed by atoms with Crippen LogP contribution in [0.15, 0.2) is 42.5 Å². The molecule has 3 rings (SSSR count). The second kappa shape index (κ2) is 11.6. The number of carbonyl (C=O) groups excluding carboxylic acids is 1. The van der Waals surface area contributed by atoms with Crippen LogP contribution in [-0.4, -0.2) is 57.2 Å². The number of hydrogen-bond acceptors (Lipinski definition) is 5. The molecule has 1 aliphatic heterocycles. The van der Waals surface area contributed by atoms with Crippen molar-refractivity contribution in [3.63, 3.8) is 0 Å². The fraction of sp³-hybridized carbons (Fsp3) is 0.423. The maximum Gasteiger partial charge on any atom is 0.248 e. The third-order valence-corrected chi connectivity index (χ3v) is 5.70. The van der Waals surface area contributed by atoms with Gasteiger partial charge in [-0.2, -0.15) is 0 Å². The van der Waals surface area contributed by atoms with Crippen molar-refractivity contribution in [1.29, 1.82) is 0 Å². The molecule has 0 saturated carbocycles. The third-order valence-electron chi connectivity index (χ3n) is 5.70. The van der Waals surface area contributed by atoms with E-state index in [-0.39, 0.29) is 5.91 Å². The number of rotatable bonds is 9. The van der Waals surface area contributed by atoms with Crippen LogP contribution >= 0.6 is 0 Å². The van der Waals surface area contributed by atoms with Gasteiger partial charge in [-0.05, 0) is 67.4 Å². The smallest absolute Gasteiger partial charge is 0.248 e. The molecule has 32 heavy (non-hydrogen) atoms. The van der Waals surface area contributed by atoms with Gasteiger partial charge in [-0.3, -0.25) is 4.79 Å². The van der Waals surface area contributed by atoms with Gasteiger partial charge in [0.25, 0.3) is 0 Å². The van der Waals surface area contributed by atoms with Crippen molar-refractivity contribution in [3.8, 4) is 11.5 Å². The topological polar surface area (TPSA) is 54.0 Å². The number of nitrogens with zero attached hydrogens (tertiary/aromatic N) is 2. The Labute approximate surface area is 191 Å². The normalized spacial score (nSPS) is 14.6. The van der Waals surface area contributed by atoms with Crippen LogP contribution < -0.4 is 19.7 Å². The summed E-state index contributed by atoms with van der Waals surface area (Å²) >= 11 is 0. The fourth-order valence-electron chi connectivity index (χ4n) is 3.87. The first kappa shape index (κ1) is 23.7. The minimum atomic E-state index is -0.168. The Morgan fingerprint density at radius 2 is 1.84 bits per heavy atom. The molecule has 1 fully saturated rings. The highest BCUT2D eigenvalue weighted by Gasteiger charge is 2.17. The molecule has 2 aromatic rings. The van der Waals surface area contributed by atoms with Crippen molar-refractivity contribution in [3.05, 3.63) is 53.6 Å². The van der Waals surface area contributed by atoms with Gasteiger partial charge < -0.3 is 24.6 Å². The molecule has 1 aliphatic rings. The Kier molecular flexibility index (Phi) is 8.56. The molecular weight excluding hydrogens is 402 g/mol. The predicted molar refractivity (Wildman–Crippen MR) is 132 cm³/mol. The highest BCUT2D eigenvalue weighted by molar-refractivity contribution is 6.02. The Balaban J connectivity index is 1.60. The molecule has 0 aliphatic carbocycles. The van der Waals surface area contributed by atoms with Crippen LogP contribution in [0.25, 0.3) is 6.08 Å². The number of carbonyl (C=O) groups is 1. The Hall–Kier alpha value is -2.99. The largest absolute Gasteiger partial charge is 0.493 e. The van der Waals surface area contributed by atoms with Gasteiger partial charge in [0.05, 0.1) is 13.7 Å². The summed E-state index contributed by atoms with van der Waals surface area (Å²) < 4.78 is 11.1. The van der Waals surface area contributed by atoms with Crippen LogP contribution in [0.1, 0.15) is 31.4 Å². The van der Waals surface area contributed by atoms with Crippen molar-refractivity contribution in [1.82, 2.24) is 4.90 Å². The number of nitrogens with one attached hydrogen (secondary N) is 1. The van der Waals surface area contributed by atoms with Crippen LogP contribution in [0.2, 0.25) is 0 Å². The van der Waals surface area contributed by atoms with Crippen LogP contribution in [0.3, 0.4) is 0 Å². The Morgan fingerprint density at radius 3 is 2.50 bits per heavy atom. The molecule has 0 bridgehead atoms. The second-order valence-corrected chi connectivity index (χ2v) is 8.00. The van der Waals surface area contributed by atoms with Crippen molar-refractivity contribution in [2.24, 2.45) is 0 Å². The molecule has 0 atom stereocenters. The van der Waals surface area contributed by atoms with Gasteiger partial charge in [-0.1, -0.05) is 19.9 Å². The number of anilines is 2. The molecule has 2 aromatic carbocycles. The van der Waals surface area contributed by atoms with E-state index in [1.54, 1.807) is 13.2 Å². The number of methoxy groups -OCH3 is 1. The maximum absolute atomic E-state index is 12.4. The lowest BCUT2D eigenvalue weighted by Gasteiger charge is -2.36. The van der Waals surface area contributed by atoms with E-state index < -0.39 is 0 Å². The lowest BCUT2D eigenvalue weighted by Crippen LogP contribution is -2.46. The zero-order valence-corrected chi connectivity index (χ0v) is 19.7. The summed E-state index contributed by atoms with van der Waals surface area (Å²) in [7, 11) is 1.62. The van der Waals surface area contributed by atoms with E-state index in [1.807, 2.05) is 30.3 Å². The molecule has 1 amide bonds. The predicted octanol–water partition coefficient (Wildman–Crippen LogP) is 4.59. The molecular formula is C26H35N3O3. The quantitative estimate of drug-likeness (QED) is 0.582. The van der Waals surface area contributed by atoms with E-state index in [2.05, 4.69) is 42.0 Å². The van der Waals surface area contributed by atoms with E-state index in [4.69, 9.17) is 9.47 Å². The van der Waals surface area contributed by atoms with Gasteiger partial charge >= 0.3 is 0 Å². The molecule has 1 heterocycles. The number of piperazine rings is 1. The van der Waals surface area contributed by atoms with Crippen molar-refractivity contribution < 1.29 is 14.3 Å². The van der Waals surface area contributed by atoms with Crippen LogP contribution in [0.5, 0.6) is 11.5 Å². The summed E-state index contributed by atoms with van der Waals surface area (Å²) in [5.41, 5.74) is 4.09. The summed E-state index contributed by atoms with van der Waals surface area (Å²) in [6.07, 6.45) is 4.24. The number of amides is 1. The number of hydrogen-bond donors (Lipinski definition) is 1. The zero-order valence-electron chi connectivity index (χ0n) is 19.7. The maximum atomic E-state index is 12.4. The van der Waals surface area contributed by atoms with Gasteiger partial charge in [-0.25, -0.2) is 0 Å². The molecule has 0 spiro atoms. The average molecular weight is 438 g/mol. The monoisotopic (exact) mass is 437 g/mol. The number of aryl methyl sites for hydroxylation is 1.